The molecule has 0 saturated heterocycles. The molecule has 0 saturated carbocycles. The van der Waals surface area contributed by atoms with Gasteiger partial charge in [0.1, 0.15) is 0 Å². The third-order valence-electron chi connectivity index (χ3n) is 2.99. The Hall–Kier alpha value is -0.260. The van der Waals surface area contributed by atoms with E-state index in [-0.39, 0.29) is 6.61 Å². The fourth-order valence-electron chi connectivity index (χ4n) is 2.06. The van der Waals surface area contributed by atoms with Gasteiger partial charge in [0.05, 0.1) is 6.61 Å². The third-order valence-corrected chi connectivity index (χ3v) is 5.14. The minimum absolute atomic E-state index is 0.235. The van der Waals surface area contributed by atoms with Gasteiger partial charge < -0.3 is 14.7 Å². The Kier molecular flexibility index (Phi) is 11.2. The normalized spacial score (nSPS) is 16.4. The molecule has 0 radical (unpaired) electrons. The number of rotatable bonds is 12. The molecule has 1 unspecified atom stereocenters. The minimum Gasteiger partial charge on any atom is -0.302 e. The summed E-state index contributed by atoms with van der Waals surface area (Å²) in [4.78, 5) is 26.2. The number of hydrogen-bond donors (Lipinski definition) is 3. The van der Waals surface area contributed by atoms with Gasteiger partial charge in [-0.1, -0.05) is 50.0 Å². The first kappa shape index (κ1) is 22.7. The van der Waals surface area contributed by atoms with Crippen molar-refractivity contribution in [3.63, 3.8) is 0 Å². The van der Waals surface area contributed by atoms with Gasteiger partial charge in [-0.25, -0.2) is 9.13 Å². The van der Waals surface area contributed by atoms with E-state index < -0.39 is 15.6 Å². The first-order valence-corrected chi connectivity index (χ1v) is 10.7. The lowest BCUT2D eigenvalue weighted by Gasteiger charge is -2.12. The zero-order chi connectivity index (χ0) is 17.9. The van der Waals surface area contributed by atoms with E-state index >= 15 is 0 Å². The standard InChI is InChI=1S/C14H28O7P2/c1-4-7-13(3)9-6-10-14(8-5-2)11-12-20-23(18,19)21-22(15,16)17/h9,11H,4-8,10,12H2,1-3H3,(H,18,19)(H2,15,16,17)/b13-9-,14-11+. The van der Waals surface area contributed by atoms with Crippen molar-refractivity contribution in [2.24, 2.45) is 0 Å². The molecule has 136 valence electrons. The second-order valence-electron chi connectivity index (χ2n) is 5.29. The summed E-state index contributed by atoms with van der Waals surface area (Å²) < 4.78 is 30.1. The Morgan fingerprint density at radius 3 is 2.13 bits per heavy atom. The summed E-state index contributed by atoms with van der Waals surface area (Å²) in [5.74, 6) is 0. The molecular weight excluding hydrogens is 342 g/mol. The highest BCUT2D eigenvalue weighted by molar-refractivity contribution is 7.60. The van der Waals surface area contributed by atoms with Gasteiger partial charge in [-0.3, -0.25) is 4.52 Å². The molecule has 0 fully saturated rings. The van der Waals surface area contributed by atoms with Gasteiger partial charge in [0.25, 0.3) is 0 Å². The lowest BCUT2D eigenvalue weighted by molar-refractivity contribution is 0.191. The van der Waals surface area contributed by atoms with Crippen LogP contribution in [0.2, 0.25) is 0 Å². The lowest BCUT2D eigenvalue weighted by atomic mass is 10.0. The smallest absolute Gasteiger partial charge is 0.302 e. The van der Waals surface area contributed by atoms with E-state index in [2.05, 4.69) is 28.8 Å². The molecule has 0 heterocycles. The number of allylic oxidation sites excluding steroid dienone is 3. The van der Waals surface area contributed by atoms with Crippen molar-refractivity contribution in [3.8, 4) is 0 Å². The maximum Gasteiger partial charge on any atom is 0.481 e. The summed E-state index contributed by atoms with van der Waals surface area (Å²) in [6.45, 7) is 6.02. The molecule has 0 bridgehead atoms. The van der Waals surface area contributed by atoms with Crippen LogP contribution in [0.15, 0.2) is 23.3 Å². The van der Waals surface area contributed by atoms with Crippen LogP contribution in [0.5, 0.6) is 0 Å². The molecule has 0 spiro atoms. The van der Waals surface area contributed by atoms with Crippen molar-refractivity contribution in [2.45, 2.75) is 59.3 Å². The van der Waals surface area contributed by atoms with Gasteiger partial charge in [0, 0.05) is 0 Å². The molecule has 0 aromatic rings. The van der Waals surface area contributed by atoms with Gasteiger partial charge in [-0.2, -0.15) is 4.31 Å². The lowest BCUT2D eigenvalue weighted by Crippen LogP contribution is -1.95. The molecule has 0 rings (SSSR count). The predicted molar refractivity (Wildman–Crippen MR) is 89.8 cm³/mol. The summed E-state index contributed by atoms with van der Waals surface area (Å²) in [5, 5.41) is 0. The van der Waals surface area contributed by atoms with Gasteiger partial charge in [0.2, 0.25) is 0 Å². The number of hydrogen-bond acceptors (Lipinski definition) is 4. The Morgan fingerprint density at radius 1 is 1.00 bits per heavy atom. The van der Waals surface area contributed by atoms with E-state index in [1.165, 1.54) is 5.57 Å². The van der Waals surface area contributed by atoms with E-state index in [4.69, 9.17) is 9.79 Å². The molecule has 0 aliphatic rings. The predicted octanol–water partition coefficient (Wildman–Crippen LogP) is 4.47. The fourth-order valence-corrected chi connectivity index (χ4v) is 3.58. The van der Waals surface area contributed by atoms with Crippen molar-refractivity contribution in [1.29, 1.82) is 0 Å². The second-order valence-corrected chi connectivity index (χ2v) is 8.12. The third kappa shape index (κ3) is 13.8. The molecule has 0 aromatic carbocycles. The highest BCUT2D eigenvalue weighted by Crippen LogP contribution is 2.57. The molecule has 9 heteroatoms. The van der Waals surface area contributed by atoms with Gasteiger partial charge in [0.15, 0.2) is 0 Å². The van der Waals surface area contributed by atoms with E-state index in [1.54, 1.807) is 6.08 Å². The molecule has 0 amide bonds. The van der Waals surface area contributed by atoms with Crippen molar-refractivity contribution >= 4 is 15.6 Å². The van der Waals surface area contributed by atoms with Crippen LogP contribution in [-0.4, -0.2) is 21.3 Å². The monoisotopic (exact) mass is 370 g/mol. The molecule has 0 aliphatic heterocycles. The quantitative estimate of drug-likeness (QED) is 0.343. The van der Waals surface area contributed by atoms with Crippen LogP contribution < -0.4 is 0 Å². The second kappa shape index (κ2) is 11.3. The van der Waals surface area contributed by atoms with E-state index in [0.717, 1.165) is 44.1 Å². The Labute approximate surface area is 138 Å². The first-order chi connectivity index (χ1) is 10.6. The average molecular weight is 370 g/mol. The molecule has 7 nitrogen and oxygen atoms in total. The van der Waals surface area contributed by atoms with E-state index in [0.29, 0.717) is 0 Å². The zero-order valence-electron chi connectivity index (χ0n) is 14.0. The maximum absolute atomic E-state index is 11.3. The van der Waals surface area contributed by atoms with Crippen molar-refractivity contribution < 1.29 is 32.6 Å². The summed E-state index contributed by atoms with van der Waals surface area (Å²) in [5.41, 5.74) is 2.42. The van der Waals surface area contributed by atoms with E-state index in [9.17, 15) is 14.0 Å². The summed E-state index contributed by atoms with van der Waals surface area (Å²) >= 11 is 0. The van der Waals surface area contributed by atoms with Gasteiger partial charge in [-0.05, 0) is 32.6 Å². The Balaban J connectivity index is 4.49. The minimum atomic E-state index is -5.07. The maximum atomic E-state index is 11.3. The molecular formula is C14H28O7P2. The fraction of sp³-hybridized carbons (Fsp3) is 0.714. The highest BCUT2D eigenvalue weighted by atomic mass is 31.3. The molecule has 23 heavy (non-hydrogen) atoms. The van der Waals surface area contributed by atoms with E-state index in [1.807, 2.05) is 6.92 Å². The largest absolute Gasteiger partial charge is 0.481 e. The van der Waals surface area contributed by atoms with Crippen molar-refractivity contribution in [1.82, 2.24) is 0 Å². The molecule has 0 aromatic heterocycles. The van der Waals surface area contributed by atoms with Gasteiger partial charge in [-0.15, -0.1) is 0 Å². The van der Waals surface area contributed by atoms with Crippen molar-refractivity contribution in [3.05, 3.63) is 23.3 Å². The van der Waals surface area contributed by atoms with Crippen LogP contribution in [0.4, 0.5) is 0 Å². The summed E-state index contributed by atoms with van der Waals surface area (Å²) in [7, 11) is -9.83. The highest BCUT2D eigenvalue weighted by Gasteiger charge is 2.31. The molecule has 0 aliphatic carbocycles. The summed E-state index contributed by atoms with van der Waals surface area (Å²) in [6, 6.07) is 0. The van der Waals surface area contributed by atoms with Crippen LogP contribution >= 0.6 is 15.6 Å². The number of phosphoric acid groups is 2. The number of phosphoric ester groups is 1. The van der Waals surface area contributed by atoms with Crippen LogP contribution in [-0.2, 0) is 18.0 Å². The topological polar surface area (TPSA) is 113 Å². The average Bonchev–Trinajstić information content (AvgIpc) is 2.35. The SMILES string of the molecule is CCC/C(C)=C\CC/C(=C/COP(=O)(O)OP(=O)(O)O)CCC. The van der Waals surface area contributed by atoms with Crippen molar-refractivity contribution in [2.75, 3.05) is 6.61 Å². The van der Waals surface area contributed by atoms with Crippen LogP contribution in [0.3, 0.4) is 0 Å². The summed E-state index contributed by atoms with van der Waals surface area (Å²) in [6.07, 6.45) is 9.49. The molecule has 3 N–H and O–H groups in total. The van der Waals surface area contributed by atoms with Crippen LogP contribution in [0.1, 0.15) is 59.3 Å². The zero-order valence-corrected chi connectivity index (χ0v) is 15.8. The van der Waals surface area contributed by atoms with Gasteiger partial charge >= 0.3 is 15.6 Å². The van der Waals surface area contributed by atoms with Crippen LogP contribution in [0.25, 0.3) is 0 Å². The Bertz CT molecular complexity index is 493. The van der Waals surface area contributed by atoms with Crippen LogP contribution in [0, 0.1) is 0 Å². The Morgan fingerprint density at radius 2 is 1.61 bits per heavy atom. The molecule has 1 atom stereocenters. The first-order valence-electron chi connectivity index (χ1n) is 7.67.